The number of aromatic nitrogens is 3. The van der Waals surface area contributed by atoms with Gasteiger partial charge >= 0.3 is 0 Å². The van der Waals surface area contributed by atoms with E-state index in [1.165, 1.54) is 0 Å². The Morgan fingerprint density at radius 3 is 2.57 bits per heavy atom. The highest BCUT2D eigenvalue weighted by atomic mass is 35.5. The van der Waals surface area contributed by atoms with E-state index in [1.54, 1.807) is 17.9 Å². The number of piperazine rings is 1. The number of carbonyl (C=O) groups excluding carboxylic acids is 1. The third-order valence-corrected chi connectivity index (χ3v) is 6.63. The number of carbonyl (C=O) groups is 1. The van der Waals surface area contributed by atoms with E-state index < -0.39 is 0 Å². The van der Waals surface area contributed by atoms with Crippen molar-refractivity contribution in [2.24, 2.45) is 7.05 Å². The predicted octanol–water partition coefficient (Wildman–Crippen LogP) is 2.59. The molecule has 10 heteroatoms. The largest absolute Gasteiger partial charge is 0.395 e. The van der Waals surface area contributed by atoms with E-state index in [4.69, 9.17) is 11.6 Å². The summed E-state index contributed by atoms with van der Waals surface area (Å²) in [4.78, 5) is 21.7. The van der Waals surface area contributed by atoms with Gasteiger partial charge in [0.15, 0.2) is 0 Å². The first-order valence-corrected chi connectivity index (χ1v) is 12.1. The van der Waals surface area contributed by atoms with Crippen molar-refractivity contribution in [3.8, 4) is 0 Å². The number of aliphatic hydroxyl groups is 1. The molecule has 2 aromatic heterocycles. The Morgan fingerprint density at radius 1 is 1.14 bits per heavy atom. The fraction of sp³-hybridized carbons (Fsp3) is 0.400. The van der Waals surface area contributed by atoms with Crippen LogP contribution in [0.15, 0.2) is 36.5 Å². The number of hydrogen-bond acceptors (Lipinski definition) is 7. The van der Waals surface area contributed by atoms with Gasteiger partial charge in [-0.25, -0.2) is 4.98 Å². The van der Waals surface area contributed by atoms with Crippen LogP contribution in [-0.4, -0.2) is 77.1 Å². The van der Waals surface area contributed by atoms with Gasteiger partial charge < -0.3 is 20.6 Å². The lowest BCUT2D eigenvalue weighted by Gasteiger charge is -2.36. The van der Waals surface area contributed by atoms with Crippen molar-refractivity contribution in [1.82, 2.24) is 25.0 Å². The summed E-state index contributed by atoms with van der Waals surface area (Å²) in [5.41, 5.74) is 4.33. The fourth-order valence-corrected chi connectivity index (χ4v) is 4.55. The van der Waals surface area contributed by atoms with E-state index in [1.807, 2.05) is 38.2 Å². The zero-order valence-electron chi connectivity index (χ0n) is 20.4. The van der Waals surface area contributed by atoms with Gasteiger partial charge in [0.1, 0.15) is 11.6 Å². The molecule has 1 saturated heterocycles. The SMILES string of the molecule is CNC(=O)c1cc(N2CCN(CCO)CC2)ccc1Cc1cc(Nc2cc(C)nn2C)ncc1Cl. The molecule has 3 N–H and O–H groups in total. The first-order chi connectivity index (χ1) is 16.9. The molecule has 1 aliphatic rings. The maximum Gasteiger partial charge on any atom is 0.251 e. The number of nitrogens with zero attached hydrogens (tertiary/aromatic N) is 5. The molecule has 0 spiro atoms. The highest BCUT2D eigenvalue weighted by molar-refractivity contribution is 6.31. The molecule has 0 saturated carbocycles. The predicted molar refractivity (Wildman–Crippen MR) is 139 cm³/mol. The number of pyridine rings is 1. The summed E-state index contributed by atoms with van der Waals surface area (Å²) in [5, 5.41) is 20.1. The minimum atomic E-state index is -0.130. The quantitative estimate of drug-likeness (QED) is 0.440. The number of amides is 1. The molecule has 1 amide bonds. The average Bonchev–Trinajstić information content (AvgIpc) is 3.17. The molecule has 1 aromatic carbocycles. The van der Waals surface area contributed by atoms with Crippen molar-refractivity contribution in [3.05, 3.63) is 63.9 Å². The summed E-state index contributed by atoms with van der Waals surface area (Å²) in [6.45, 7) is 6.28. The van der Waals surface area contributed by atoms with Crippen LogP contribution in [0, 0.1) is 6.92 Å². The smallest absolute Gasteiger partial charge is 0.251 e. The first-order valence-electron chi connectivity index (χ1n) is 11.7. The molecule has 4 rings (SSSR count). The van der Waals surface area contributed by atoms with E-state index >= 15 is 0 Å². The van der Waals surface area contributed by atoms with Crippen LogP contribution >= 0.6 is 11.6 Å². The van der Waals surface area contributed by atoms with E-state index in [0.717, 1.165) is 54.5 Å². The Labute approximate surface area is 210 Å². The van der Waals surface area contributed by atoms with Gasteiger partial charge in [0.2, 0.25) is 0 Å². The van der Waals surface area contributed by atoms with Crippen molar-refractivity contribution in [3.63, 3.8) is 0 Å². The van der Waals surface area contributed by atoms with Gasteiger partial charge in [-0.15, -0.1) is 0 Å². The van der Waals surface area contributed by atoms with Crippen LogP contribution in [0.4, 0.5) is 17.3 Å². The number of nitrogens with one attached hydrogen (secondary N) is 2. The van der Waals surface area contributed by atoms with Crippen molar-refractivity contribution >= 4 is 34.8 Å². The van der Waals surface area contributed by atoms with Crippen molar-refractivity contribution in [1.29, 1.82) is 0 Å². The monoisotopic (exact) mass is 497 g/mol. The van der Waals surface area contributed by atoms with E-state index in [2.05, 4.69) is 36.6 Å². The molecular weight excluding hydrogens is 466 g/mol. The molecule has 0 radical (unpaired) electrons. The van der Waals surface area contributed by atoms with Gasteiger partial charge in [-0.1, -0.05) is 17.7 Å². The number of anilines is 3. The normalized spacial score (nSPS) is 14.3. The molecular formula is C25H32ClN7O2. The zero-order valence-corrected chi connectivity index (χ0v) is 21.1. The second kappa shape index (κ2) is 11.1. The van der Waals surface area contributed by atoms with Crippen LogP contribution in [0.2, 0.25) is 5.02 Å². The molecule has 1 aliphatic heterocycles. The van der Waals surface area contributed by atoms with Crippen molar-refractivity contribution < 1.29 is 9.90 Å². The summed E-state index contributed by atoms with van der Waals surface area (Å²) < 4.78 is 1.76. The minimum absolute atomic E-state index is 0.130. The second-order valence-corrected chi connectivity index (χ2v) is 9.14. The molecule has 3 aromatic rings. The number of aryl methyl sites for hydroxylation is 2. The lowest BCUT2D eigenvalue weighted by atomic mass is 9.98. The Balaban J connectivity index is 1.56. The van der Waals surface area contributed by atoms with Crippen LogP contribution < -0.4 is 15.5 Å². The Kier molecular flexibility index (Phi) is 7.90. The topological polar surface area (TPSA) is 98.5 Å². The highest BCUT2D eigenvalue weighted by Crippen LogP contribution is 2.27. The molecule has 3 heterocycles. The van der Waals surface area contributed by atoms with Gasteiger partial charge in [0.05, 0.1) is 17.3 Å². The van der Waals surface area contributed by atoms with E-state index in [-0.39, 0.29) is 12.5 Å². The lowest BCUT2D eigenvalue weighted by molar-refractivity contribution is 0.0962. The maximum atomic E-state index is 12.8. The maximum absolute atomic E-state index is 12.8. The standard InChI is InChI=1S/C25H32ClN7O2/c1-17-12-24(31(3)30-17)29-23-14-19(22(26)16-28-23)13-18-4-5-20(15-21(18)25(35)27-2)33-8-6-32(7-9-33)10-11-34/h4-5,12,14-16,34H,6-11,13H2,1-3H3,(H,27,35)(H,28,29). The molecule has 1 fully saturated rings. The molecule has 0 aliphatic carbocycles. The number of β-amino-alcohol motifs (C(OH)–C–C–N with tert-alkyl or cyclic N) is 1. The van der Waals surface area contributed by atoms with Crippen LogP contribution in [0.3, 0.4) is 0 Å². The Morgan fingerprint density at radius 2 is 1.91 bits per heavy atom. The molecule has 9 nitrogen and oxygen atoms in total. The number of rotatable bonds is 8. The van der Waals surface area contributed by atoms with Crippen LogP contribution in [-0.2, 0) is 13.5 Å². The Hall–Kier alpha value is -3.14. The molecule has 35 heavy (non-hydrogen) atoms. The molecule has 0 bridgehead atoms. The number of benzene rings is 1. The fourth-order valence-electron chi connectivity index (χ4n) is 4.38. The summed E-state index contributed by atoms with van der Waals surface area (Å²) >= 11 is 6.50. The van der Waals surface area contributed by atoms with Gasteiger partial charge in [0.25, 0.3) is 5.91 Å². The van der Waals surface area contributed by atoms with Crippen LogP contribution in [0.1, 0.15) is 27.2 Å². The zero-order chi connectivity index (χ0) is 24.9. The third kappa shape index (κ3) is 5.93. The van der Waals surface area contributed by atoms with Crippen molar-refractivity contribution in [2.75, 3.05) is 56.6 Å². The van der Waals surface area contributed by atoms with Crippen LogP contribution in [0.25, 0.3) is 0 Å². The second-order valence-electron chi connectivity index (χ2n) is 8.73. The highest BCUT2D eigenvalue weighted by Gasteiger charge is 2.20. The summed E-state index contributed by atoms with van der Waals surface area (Å²) in [7, 11) is 3.51. The first kappa shape index (κ1) is 25.0. The molecule has 186 valence electrons. The number of aliphatic hydroxyl groups excluding tert-OH is 1. The minimum Gasteiger partial charge on any atom is -0.395 e. The molecule has 0 unspecified atom stereocenters. The lowest BCUT2D eigenvalue weighted by Crippen LogP contribution is -2.47. The number of hydrogen-bond donors (Lipinski definition) is 3. The van der Waals surface area contributed by atoms with Gasteiger partial charge in [-0.2, -0.15) is 5.10 Å². The van der Waals surface area contributed by atoms with Gasteiger partial charge in [-0.05, 0) is 42.7 Å². The number of halogens is 1. The van der Waals surface area contributed by atoms with Gasteiger partial charge in [0, 0.05) is 70.3 Å². The summed E-state index contributed by atoms with van der Waals surface area (Å²) in [6.07, 6.45) is 2.12. The molecule has 0 atom stereocenters. The third-order valence-electron chi connectivity index (χ3n) is 6.29. The van der Waals surface area contributed by atoms with E-state index in [9.17, 15) is 9.90 Å². The average molecular weight is 498 g/mol. The summed E-state index contributed by atoms with van der Waals surface area (Å²) in [5.74, 6) is 1.36. The Bertz CT molecular complexity index is 1190. The van der Waals surface area contributed by atoms with Crippen LogP contribution in [0.5, 0.6) is 0 Å². The van der Waals surface area contributed by atoms with Crippen molar-refractivity contribution in [2.45, 2.75) is 13.3 Å². The van der Waals surface area contributed by atoms with E-state index in [0.29, 0.717) is 29.4 Å². The summed E-state index contributed by atoms with van der Waals surface area (Å²) in [6, 6.07) is 9.89. The van der Waals surface area contributed by atoms with Gasteiger partial charge in [-0.3, -0.25) is 14.4 Å².